The molecule has 0 radical (unpaired) electrons. The summed E-state index contributed by atoms with van der Waals surface area (Å²) in [7, 11) is 0. The van der Waals surface area contributed by atoms with E-state index in [-0.39, 0.29) is 17.5 Å². The smallest absolute Gasteiger partial charge is 0.266 e. The lowest BCUT2D eigenvalue weighted by atomic mass is 10.1. The van der Waals surface area contributed by atoms with Crippen LogP contribution < -0.4 is 10.3 Å². The third kappa shape index (κ3) is 5.66. The van der Waals surface area contributed by atoms with Crippen LogP contribution in [-0.2, 0) is 4.79 Å². The molecule has 3 aromatic rings. The molecule has 182 valence electrons. The van der Waals surface area contributed by atoms with Gasteiger partial charge in [0.05, 0.1) is 29.2 Å². The first kappa shape index (κ1) is 25.5. The fourth-order valence-corrected chi connectivity index (χ4v) is 4.23. The van der Waals surface area contributed by atoms with E-state index >= 15 is 0 Å². The molecular weight excluding hydrogens is 426 g/mol. The van der Waals surface area contributed by atoms with Gasteiger partial charge in [0.1, 0.15) is 11.6 Å². The van der Waals surface area contributed by atoms with Crippen molar-refractivity contribution in [2.45, 2.75) is 66.3 Å². The van der Waals surface area contributed by atoms with Gasteiger partial charge >= 0.3 is 0 Å². The molecule has 0 aliphatic carbocycles. The predicted molar refractivity (Wildman–Crippen MR) is 138 cm³/mol. The number of hydrogen-bond acceptors (Lipinski definition) is 4. The molecule has 34 heavy (non-hydrogen) atoms. The second kappa shape index (κ2) is 11.8. The lowest BCUT2D eigenvalue weighted by Gasteiger charge is -2.33. The summed E-state index contributed by atoms with van der Waals surface area (Å²) < 4.78 is 7.27. The largest absolute Gasteiger partial charge is 0.494 e. The van der Waals surface area contributed by atoms with Crippen LogP contribution in [0.2, 0.25) is 0 Å². The Morgan fingerprint density at radius 3 is 2.38 bits per heavy atom. The molecule has 0 fully saturated rings. The molecule has 1 amide bonds. The van der Waals surface area contributed by atoms with E-state index in [2.05, 4.69) is 20.8 Å². The molecule has 6 heteroatoms. The molecule has 2 aromatic carbocycles. The number of aromatic nitrogens is 2. The van der Waals surface area contributed by atoms with Crippen molar-refractivity contribution in [2.24, 2.45) is 5.92 Å². The molecule has 1 heterocycles. The summed E-state index contributed by atoms with van der Waals surface area (Å²) in [6.07, 6.45) is 2.82. The maximum atomic E-state index is 13.8. The van der Waals surface area contributed by atoms with E-state index in [1.54, 1.807) is 10.6 Å². The number of nitrogens with zero attached hydrogens (tertiary/aromatic N) is 3. The van der Waals surface area contributed by atoms with Crippen molar-refractivity contribution < 1.29 is 9.53 Å². The molecule has 0 aliphatic rings. The Labute approximate surface area is 202 Å². The molecular formula is C28H37N3O3. The highest BCUT2D eigenvalue weighted by Gasteiger charge is 2.28. The average molecular weight is 464 g/mol. The van der Waals surface area contributed by atoms with Crippen molar-refractivity contribution >= 4 is 16.8 Å². The number of rotatable bonds is 11. The van der Waals surface area contributed by atoms with E-state index in [1.807, 2.05) is 61.2 Å². The Morgan fingerprint density at radius 2 is 1.76 bits per heavy atom. The van der Waals surface area contributed by atoms with E-state index in [0.717, 1.165) is 18.6 Å². The number of benzene rings is 2. The van der Waals surface area contributed by atoms with Gasteiger partial charge in [-0.1, -0.05) is 39.8 Å². The highest BCUT2D eigenvalue weighted by Crippen LogP contribution is 2.28. The first-order valence-electron chi connectivity index (χ1n) is 12.5. The number of carbonyl (C=O) groups excluding carboxylic acids is 1. The Hall–Kier alpha value is -3.15. The van der Waals surface area contributed by atoms with E-state index in [9.17, 15) is 9.59 Å². The van der Waals surface area contributed by atoms with Gasteiger partial charge in [-0.05, 0) is 68.5 Å². The molecule has 1 atom stereocenters. The van der Waals surface area contributed by atoms with E-state index in [0.29, 0.717) is 54.3 Å². The van der Waals surface area contributed by atoms with E-state index in [4.69, 9.17) is 9.72 Å². The van der Waals surface area contributed by atoms with Crippen LogP contribution in [0.1, 0.15) is 72.2 Å². The minimum Gasteiger partial charge on any atom is -0.494 e. The average Bonchev–Trinajstić information content (AvgIpc) is 2.82. The van der Waals surface area contributed by atoms with Crippen LogP contribution in [0.15, 0.2) is 53.3 Å². The Bertz CT molecular complexity index is 1150. The molecule has 6 nitrogen and oxygen atoms in total. The normalized spacial score (nSPS) is 12.2. The number of ether oxygens (including phenoxy) is 1. The third-order valence-corrected chi connectivity index (χ3v) is 6.00. The standard InChI is InChI=1S/C28H37N3O3/c1-6-11-26(32)30(19-18-20(4)5)25(7-2)27-29-24-13-10-9-12-23(24)28(33)31(27)21-14-16-22(17-15-21)34-8-3/h9-10,12-17,20,25H,6-8,11,18-19H2,1-5H3. The molecule has 0 N–H and O–H groups in total. The van der Waals surface area contributed by atoms with Gasteiger partial charge in [-0.2, -0.15) is 0 Å². The molecule has 0 bridgehead atoms. The molecule has 1 unspecified atom stereocenters. The number of amides is 1. The molecule has 1 aromatic heterocycles. The van der Waals surface area contributed by atoms with Gasteiger partial charge in [-0.25, -0.2) is 4.98 Å². The van der Waals surface area contributed by atoms with Crippen molar-refractivity contribution in [1.82, 2.24) is 14.5 Å². The van der Waals surface area contributed by atoms with Gasteiger partial charge in [-0.15, -0.1) is 0 Å². The van der Waals surface area contributed by atoms with E-state index < -0.39 is 0 Å². The first-order valence-corrected chi connectivity index (χ1v) is 12.5. The minimum atomic E-state index is -0.304. The summed E-state index contributed by atoms with van der Waals surface area (Å²) in [5.74, 6) is 1.92. The van der Waals surface area contributed by atoms with Crippen LogP contribution in [-0.4, -0.2) is 33.5 Å². The summed E-state index contributed by atoms with van der Waals surface area (Å²) >= 11 is 0. The SMILES string of the molecule is CCCC(=O)N(CCC(C)C)C(CC)c1nc2ccccc2c(=O)n1-c1ccc(OCC)cc1. The first-order chi connectivity index (χ1) is 16.4. The summed E-state index contributed by atoms with van der Waals surface area (Å²) in [5.41, 5.74) is 1.23. The highest BCUT2D eigenvalue weighted by molar-refractivity contribution is 5.79. The van der Waals surface area contributed by atoms with Crippen LogP contribution >= 0.6 is 0 Å². The zero-order valence-electron chi connectivity index (χ0n) is 21.1. The maximum absolute atomic E-state index is 13.8. The topological polar surface area (TPSA) is 64.4 Å². The van der Waals surface area contributed by atoms with Gasteiger partial charge in [0.15, 0.2) is 0 Å². The maximum Gasteiger partial charge on any atom is 0.266 e. The van der Waals surface area contributed by atoms with Crippen molar-refractivity contribution in [3.63, 3.8) is 0 Å². The Morgan fingerprint density at radius 1 is 1.06 bits per heavy atom. The van der Waals surface area contributed by atoms with Gasteiger partial charge in [-0.3, -0.25) is 14.2 Å². The Balaban J connectivity index is 2.22. The fraction of sp³-hybridized carbons (Fsp3) is 0.464. The molecule has 3 rings (SSSR count). The second-order valence-corrected chi connectivity index (χ2v) is 9.00. The summed E-state index contributed by atoms with van der Waals surface area (Å²) in [5, 5.41) is 0.559. The van der Waals surface area contributed by atoms with Crippen LogP contribution in [0.4, 0.5) is 0 Å². The van der Waals surface area contributed by atoms with Crippen molar-refractivity contribution in [1.29, 1.82) is 0 Å². The molecule has 0 aliphatic heterocycles. The molecule has 0 saturated carbocycles. The number of para-hydroxylation sites is 1. The van der Waals surface area contributed by atoms with Crippen molar-refractivity contribution in [2.75, 3.05) is 13.2 Å². The van der Waals surface area contributed by atoms with Gasteiger partial charge in [0, 0.05) is 13.0 Å². The number of hydrogen-bond donors (Lipinski definition) is 0. The summed E-state index contributed by atoms with van der Waals surface area (Å²) in [6.45, 7) is 11.5. The quantitative estimate of drug-likeness (QED) is 0.355. The van der Waals surface area contributed by atoms with Gasteiger partial charge in [0.25, 0.3) is 5.56 Å². The molecule has 0 saturated heterocycles. The van der Waals surface area contributed by atoms with Crippen LogP contribution in [0, 0.1) is 5.92 Å². The lowest BCUT2D eigenvalue weighted by molar-refractivity contribution is -0.134. The van der Waals surface area contributed by atoms with Crippen LogP contribution in [0.25, 0.3) is 16.6 Å². The fourth-order valence-electron chi connectivity index (χ4n) is 4.23. The summed E-state index contributed by atoms with van der Waals surface area (Å²) in [4.78, 5) is 33.9. The third-order valence-electron chi connectivity index (χ3n) is 6.00. The Kier molecular flexibility index (Phi) is 8.85. The highest BCUT2D eigenvalue weighted by atomic mass is 16.5. The number of carbonyl (C=O) groups is 1. The second-order valence-electron chi connectivity index (χ2n) is 9.00. The van der Waals surface area contributed by atoms with Crippen LogP contribution in [0.3, 0.4) is 0 Å². The zero-order chi connectivity index (χ0) is 24.7. The zero-order valence-corrected chi connectivity index (χ0v) is 21.1. The molecule has 0 spiro atoms. The van der Waals surface area contributed by atoms with Crippen molar-refractivity contribution in [3.05, 3.63) is 64.7 Å². The predicted octanol–water partition coefficient (Wildman–Crippen LogP) is 5.91. The summed E-state index contributed by atoms with van der Waals surface area (Å²) in [6, 6.07) is 14.6. The van der Waals surface area contributed by atoms with E-state index in [1.165, 1.54) is 0 Å². The van der Waals surface area contributed by atoms with Gasteiger partial charge in [0.2, 0.25) is 5.91 Å². The monoisotopic (exact) mass is 463 g/mol. The minimum absolute atomic E-state index is 0.107. The van der Waals surface area contributed by atoms with Gasteiger partial charge < -0.3 is 9.64 Å². The lowest BCUT2D eigenvalue weighted by Crippen LogP contribution is -2.39. The number of fused-ring (bicyclic) bond motifs is 1. The van der Waals surface area contributed by atoms with Crippen LogP contribution in [0.5, 0.6) is 5.75 Å². The van der Waals surface area contributed by atoms with Crippen molar-refractivity contribution in [3.8, 4) is 11.4 Å².